The smallest absolute Gasteiger partial charge is 0.358 e. The van der Waals surface area contributed by atoms with Crippen molar-refractivity contribution >= 4 is 15.8 Å². The van der Waals surface area contributed by atoms with Crippen molar-refractivity contribution in [2.75, 3.05) is 0 Å². The molecule has 4 rings (SSSR count). The van der Waals surface area contributed by atoms with Crippen molar-refractivity contribution in [3.8, 4) is 0 Å². The van der Waals surface area contributed by atoms with E-state index in [9.17, 15) is 0 Å². The molecule has 3 saturated carbocycles. The van der Waals surface area contributed by atoms with Crippen LogP contribution in [0, 0.1) is 20.8 Å². The average molecular weight is 593 g/mol. The summed E-state index contributed by atoms with van der Waals surface area (Å²) in [5, 5.41) is 0.942. The molecule has 220 valence electrons. The van der Waals surface area contributed by atoms with Gasteiger partial charge >= 0.3 is 17.1 Å². The Morgan fingerprint density at radius 1 is 0.595 bits per heavy atom. The molecule has 0 amide bonds. The molecule has 0 aromatic rings. The number of hydrogen-bond donors (Lipinski definition) is 0. The van der Waals surface area contributed by atoms with Crippen LogP contribution in [0.5, 0.6) is 0 Å². The van der Waals surface area contributed by atoms with Crippen LogP contribution in [0.4, 0.5) is 0 Å². The van der Waals surface area contributed by atoms with E-state index in [-0.39, 0.29) is 47.8 Å². The minimum atomic E-state index is 0. The van der Waals surface area contributed by atoms with Gasteiger partial charge in [0.25, 0.3) is 0 Å². The number of allylic oxidation sites excluding steroid dienone is 2. The van der Waals surface area contributed by atoms with Gasteiger partial charge in [-0.1, -0.05) is 121 Å². The summed E-state index contributed by atoms with van der Waals surface area (Å²) in [6.45, 7) is 18.0. The molecule has 0 N–H and O–H groups in total. The fourth-order valence-corrected chi connectivity index (χ4v) is 18.8. The van der Waals surface area contributed by atoms with Crippen LogP contribution in [0.3, 0.4) is 0 Å². The molecular weight excluding hydrogens is 526 g/mol. The van der Waals surface area contributed by atoms with Gasteiger partial charge in [0.05, 0.1) is 0 Å². The van der Waals surface area contributed by atoms with Crippen molar-refractivity contribution in [2.45, 2.75) is 184 Å². The van der Waals surface area contributed by atoms with Gasteiger partial charge in [-0.25, -0.2) is 0 Å². The summed E-state index contributed by atoms with van der Waals surface area (Å²) >= 11 is 0. The van der Waals surface area contributed by atoms with E-state index in [4.69, 9.17) is 0 Å². The van der Waals surface area contributed by atoms with Crippen LogP contribution >= 0.6 is 15.8 Å². The molecular formula is C34H66FeP2. The Morgan fingerprint density at radius 3 is 1.38 bits per heavy atom. The van der Waals surface area contributed by atoms with Gasteiger partial charge in [0, 0.05) is 0 Å². The first kappa shape index (κ1) is 38.1. The van der Waals surface area contributed by atoms with Gasteiger partial charge < -0.3 is 14.9 Å². The Balaban J connectivity index is 0.00000145. The maximum absolute atomic E-state index is 2.71. The Hall–Kier alpha value is 1.12. The quantitative estimate of drug-likeness (QED) is 0.129. The Labute approximate surface area is 249 Å². The third kappa shape index (κ3) is 11.1. The minimum Gasteiger partial charge on any atom is -0.358 e. The molecule has 4 aliphatic rings. The van der Waals surface area contributed by atoms with Crippen molar-refractivity contribution in [3.05, 3.63) is 27.0 Å². The molecule has 4 aliphatic carbocycles. The van der Waals surface area contributed by atoms with Gasteiger partial charge in [0.2, 0.25) is 0 Å². The summed E-state index contributed by atoms with van der Waals surface area (Å²) < 4.78 is 0. The van der Waals surface area contributed by atoms with Gasteiger partial charge in [-0.15, -0.1) is 0 Å². The molecule has 0 spiro atoms. The van der Waals surface area contributed by atoms with Crippen LogP contribution in [0.15, 0.2) is 12.2 Å². The van der Waals surface area contributed by atoms with Crippen LogP contribution in [0.1, 0.15) is 151 Å². The van der Waals surface area contributed by atoms with Gasteiger partial charge in [-0.3, -0.25) is 0 Å². The van der Waals surface area contributed by atoms with Crippen molar-refractivity contribution < 1.29 is 17.1 Å². The van der Waals surface area contributed by atoms with E-state index in [1.165, 1.54) is 38.5 Å². The Morgan fingerprint density at radius 2 is 1.03 bits per heavy atom. The predicted molar refractivity (Wildman–Crippen MR) is 174 cm³/mol. The van der Waals surface area contributed by atoms with Crippen LogP contribution < -0.4 is 0 Å². The molecule has 0 bridgehead atoms. The molecule has 0 aromatic heterocycles. The SMILES string of the molecule is C1=CCCC1.C[C@H](C1CCCC1P(C1CCCCC1)C1CCCCC1)P(C(C)(C)C)C(C)(C)C.[CH3-].[CH3-].[Fe+2]. The molecule has 0 aliphatic heterocycles. The zero-order valence-corrected chi connectivity index (χ0v) is 29.5. The summed E-state index contributed by atoms with van der Waals surface area (Å²) in [4.78, 5) is 0. The third-order valence-corrected chi connectivity index (χ3v) is 17.5. The first-order valence-corrected chi connectivity index (χ1v) is 18.3. The van der Waals surface area contributed by atoms with Crippen molar-refractivity contribution in [3.63, 3.8) is 0 Å². The van der Waals surface area contributed by atoms with Crippen LogP contribution in [0.2, 0.25) is 0 Å². The predicted octanol–water partition coefficient (Wildman–Crippen LogP) is 12.4. The summed E-state index contributed by atoms with van der Waals surface area (Å²) in [5.41, 5.74) is 4.32. The topological polar surface area (TPSA) is 0 Å². The molecule has 37 heavy (non-hydrogen) atoms. The second-order valence-corrected chi connectivity index (χ2v) is 21.3. The van der Waals surface area contributed by atoms with E-state index in [0.717, 1.165) is 28.6 Å². The monoisotopic (exact) mass is 592 g/mol. The molecule has 3 atom stereocenters. The second-order valence-electron chi connectivity index (χ2n) is 14.0. The molecule has 0 heterocycles. The van der Waals surface area contributed by atoms with E-state index in [1.807, 2.05) is 0 Å². The third-order valence-electron chi connectivity index (χ3n) is 9.29. The summed E-state index contributed by atoms with van der Waals surface area (Å²) in [6.07, 6.45) is 28.7. The molecule has 0 nitrogen and oxygen atoms in total. The number of hydrogen-bond acceptors (Lipinski definition) is 0. The second kappa shape index (κ2) is 17.8. The first-order chi connectivity index (χ1) is 16.1. The summed E-state index contributed by atoms with van der Waals surface area (Å²) in [7, 11) is 0.253. The van der Waals surface area contributed by atoms with E-state index in [0.29, 0.717) is 10.3 Å². The van der Waals surface area contributed by atoms with Gasteiger partial charge in [-0.2, -0.15) is 0 Å². The summed E-state index contributed by atoms with van der Waals surface area (Å²) in [6, 6.07) is 0. The Bertz CT molecular complexity index is 566. The van der Waals surface area contributed by atoms with Crippen LogP contribution in [-0.4, -0.2) is 32.9 Å². The van der Waals surface area contributed by atoms with Crippen molar-refractivity contribution in [1.82, 2.24) is 0 Å². The maximum atomic E-state index is 2.71. The zero-order chi connectivity index (χ0) is 24.8. The normalized spacial score (nSPS) is 26.1. The molecule has 2 unspecified atom stereocenters. The number of rotatable bonds is 5. The van der Waals surface area contributed by atoms with Crippen molar-refractivity contribution in [1.29, 1.82) is 0 Å². The van der Waals surface area contributed by atoms with Crippen LogP contribution in [0.25, 0.3) is 0 Å². The van der Waals surface area contributed by atoms with Crippen LogP contribution in [-0.2, 0) is 17.1 Å². The van der Waals surface area contributed by atoms with Crippen molar-refractivity contribution in [2.24, 2.45) is 5.92 Å². The van der Waals surface area contributed by atoms with Gasteiger partial charge in [0.15, 0.2) is 0 Å². The van der Waals surface area contributed by atoms with Gasteiger partial charge in [-0.05, 0) is 96.7 Å². The maximum Gasteiger partial charge on any atom is 2.00 e. The Kier molecular flexibility index (Phi) is 18.4. The van der Waals surface area contributed by atoms with E-state index in [2.05, 4.69) is 60.6 Å². The zero-order valence-electron chi connectivity index (χ0n) is 26.6. The molecule has 3 fully saturated rings. The summed E-state index contributed by atoms with van der Waals surface area (Å²) in [5.74, 6) is 1.04. The standard InChI is InChI=1S/C27H52P2.C5H8.2CH3.Fe/c1-21(29(26(2,3)4)27(5,6)7)24-19-14-20-25(24)28(22-15-10-8-11-16-22)23-17-12-9-13-18-23;1-2-4-5-3-1;;;/h21-25H,8-20H2,1-7H3;1-2H,3-5H2;2*1H3;/q;;2*-1;+2/t21-,24?,25?;;;;/m1..../s1. The molecule has 3 heteroatoms. The van der Waals surface area contributed by atoms with Gasteiger partial charge in [0.1, 0.15) is 0 Å². The largest absolute Gasteiger partial charge is 2.00 e. The first-order valence-electron chi connectivity index (χ1n) is 15.3. The average Bonchev–Trinajstić information content (AvgIpc) is 3.49. The minimum absolute atomic E-state index is 0. The van der Waals surface area contributed by atoms with E-state index >= 15 is 0 Å². The van der Waals surface area contributed by atoms with E-state index < -0.39 is 0 Å². The molecule has 0 saturated heterocycles. The molecule has 0 aromatic carbocycles. The van der Waals surface area contributed by atoms with E-state index in [1.54, 1.807) is 64.2 Å². The fraction of sp³-hybridized carbons (Fsp3) is 0.882. The fourth-order valence-electron chi connectivity index (χ4n) is 8.51. The molecule has 0 radical (unpaired) electrons.